The van der Waals surface area contributed by atoms with Crippen LogP contribution in [0.5, 0.6) is 0 Å². The molecule has 0 amide bonds. The topological polar surface area (TPSA) is 93.6 Å². The highest BCUT2D eigenvalue weighted by atomic mass is 16.6. The number of carboxylic acids is 1. The fraction of sp³-hybridized carbons (Fsp3) is 0.250. The summed E-state index contributed by atoms with van der Waals surface area (Å²) in [6, 6.07) is 4.26. The van der Waals surface area contributed by atoms with Gasteiger partial charge in [0, 0.05) is 29.5 Å². The van der Waals surface area contributed by atoms with Crippen LogP contribution in [-0.4, -0.2) is 16.0 Å². The summed E-state index contributed by atoms with van der Waals surface area (Å²) in [5, 5.41) is 20.4. The van der Waals surface area contributed by atoms with E-state index in [1.807, 2.05) is 0 Å². The van der Waals surface area contributed by atoms with Crippen LogP contribution in [0.3, 0.4) is 0 Å². The van der Waals surface area contributed by atoms with Gasteiger partial charge in [-0.3, -0.25) is 14.9 Å². The Morgan fingerprint density at radius 3 is 2.94 bits per heavy atom. The Hall–Kier alpha value is -2.37. The molecule has 18 heavy (non-hydrogen) atoms. The van der Waals surface area contributed by atoms with Crippen molar-refractivity contribution in [3.63, 3.8) is 0 Å². The molecule has 2 aromatic rings. The average molecular weight is 247 g/mol. The van der Waals surface area contributed by atoms with Gasteiger partial charge in [-0.25, -0.2) is 0 Å². The normalized spacial score (nSPS) is 17.9. The molecule has 0 fully saturated rings. The summed E-state index contributed by atoms with van der Waals surface area (Å²) in [5.41, 5.74) is 1.06. The molecule has 0 bridgehead atoms. The lowest BCUT2D eigenvalue weighted by Gasteiger charge is -2.03. The molecule has 3 rings (SSSR count). The third-order valence-corrected chi connectivity index (χ3v) is 3.30. The van der Waals surface area contributed by atoms with Gasteiger partial charge in [0.05, 0.1) is 10.8 Å². The number of nitro benzene ring substituents is 1. The molecule has 1 atom stereocenters. The Morgan fingerprint density at radius 2 is 2.28 bits per heavy atom. The number of aliphatic carboxylic acids is 1. The molecule has 0 aliphatic heterocycles. The van der Waals surface area contributed by atoms with Crippen molar-refractivity contribution in [2.75, 3.05) is 0 Å². The SMILES string of the molecule is O=C(O)C1CCc2oc3ccc([N+](=O)[O-])cc3c21. The molecule has 1 aliphatic carbocycles. The van der Waals surface area contributed by atoms with Crippen LogP contribution >= 0.6 is 0 Å². The first-order chi connectivity index (χ1) is 8.58. The number of carbonyl (C=O) groups is 1. The van der Waals surface area contributed by atoms with Crippen molar-refractivity contribution < 1.29 is 19.2 Å². The van der Waals surface area contributed by atoms with Crippen molar-refractivity contribution in [3.8, 4) is 0 Å². The third-order valence-electron chi connectivity index (χ3n) is 3.30. The van der Waals surface area contributed by atoms with Gasteiger partial charge < -0.3 is 9.52 Å². The summed E-state index contributed by atoms with van der Waals surface area (Å²) in [7, 11) is 0. The molecular weight excluding hydrogens is 238 g/mol. The van der Waals surface area contributed by atoms with E-state index in [1.165, 1.54) is 18.2 Å². The maximum absolute atomic E-state index is 11.1. The van der Waals surface area contributed by atoms with Crippen molar-refractivity contribution in [2.24, 2.45) is 0 Å². The highest BCUT2D eigenvalue weighted by Crippen LogP contribution is 2.41. The number of aryl methyl sites for hydroxylation is 1. The van der Waals surface area contributed by atoms with Crippen LogP contribution in [0, 0.1) is 10.1 Å². The van der Waals surface area contributed by atoms with E-state index in [9.17, 15) is 14.9 Å². The van der Waals surface area contributed by atoms with Crippen LogP contribution in [0.2, 0.25) is 0 Å². The van der Waals surface area contributed by atoms with Crippen LogP contribution in [0.15, 0.2) is 22.6 Å². The van der Waals surface area contributed by atoms with E-state index in [2.05, 4.69) is 0 Å². The van der Waals surface area contributed by atoms with Gasteiger partial charge in [-0.05, 0) is 12.5 Å². The van der Waals surface area contributed by atoms with Gasteiger partial charge in [0.15, 0.2) is 0 Å². The number of carboxylic acid groups (broad SMARTS) is 1. The van der Waals surface area contributed by atoms with Gasteiger partial charge >= 0.3 is 5.97 Å². The number of hydrogen-bond acceptors (Lipinski definition) is 4. The lowest BCUT2D eigenvalue weighted by molar-refractivity contribution is -0.384. The first-order valence-corrected chi connectivity index (χ1v) is 5.50. The summed E-state index contributed by atoms with van der Waals surface area (Å²) in [4.78, 5) is 21.4. The highest BCUT2D eigenvalue weighted by molar-refractivity contribution is 5.91. The van der Waals surface area contributed by atoms with E-state index in [4.69, 9.17) is 9.52 Å². The number of fused-ring (bicyclic) bond motifs is 3. The van der Waals surface area contributed by atoms with Crippen LogP contribution in [-0.2, 0) is 11.2 Å². The minimum atomic E-state index is -0.914. The summed E-state index contributed by atoms with van der Waals surface area (Å²) < 4.78 is 5.54. The number of nitro groups is 1. The number of nitrogens with zero attached hydrogens (tertiary/aromatic N) is 1. The van der Waals surface area contributed by atoms with Gasteiger partial charge in [-0.1, -0.05) is 0 Å². The van der Waals surface area contributed by atoms with Crippen molar-refractivity contribution in [1.29, 1.82) is 0 Å². The second kappa shape index (κ2) is 3.56. The van der Waals surface area contributed by atoms with Crippen molar-refractivity contribution in [3.05, 3.63) is 39.6 Å². The summed E-state index contributed by atoms with van der Waals surface area (Å²) in [6.45, 7) is 0. The quantitative estimate of drug-likeness (QED) is 0.649. The molecule has 0 saturated carbocycles. The second-order valence-electron chi connectivity index (χ2n) is 4.31. The van der Waals surface area contributed by atoms with Crippen molar-refractivity contribution >= 4 is 22.6 Å². The Bertz CT molecular complexity index is 672. The fourth-order valence-corrected chi connectivity index (χ4v) is 2.50. The summed E-state index contributed by atoms with van der Waals surface area (Å²) >= 11 is 0. The van der Waals surface area contributed by atoms with Crippen molar-refractivity contribution in [2.45, 2.75) is 18.8 Å². The predicted octanol–water partition coefficient (Wildman–Crippen LogP) is 2.46. The maximum atomic E-state index is 11.1. The number of non-ortho nitro benzene ring substituents is 1. The average Bonchev–Trinajstić information content (AvgIpc) is 2.85. The fourth-order valence-electron chi connectivity index (χ4n) is 2.50. The zero-order valence-electron chi connectivity index (χ0n) is 9.25. The molecular formula is C12H9NO5. The molecule has 6 nitrogen and oxygen atoms in total. The zero-order chi connectivity index (χ0) is 12.9. The molecule has 1 aromatic carbocycles. The number of benzene rings is 1. The lowest BCUT2D eigenvalue weighted by atomic mass is 10.00. The molecule has 1 N–H and O–H groups in total. The molecule has 0 saturated heterocycles. The van der Waals surface area contributed by atoms with E-state index in [1.54, 1.807) is 0 Å². The molecule has 0 spiro atoms. The minimum absolute atomic E-state index is 0.0536. The predicted molar refractivity (Wildman–Crippen MR) is 61.6 cm³/mol. The smallest absolute Gasteiger partial charge is 0.311 e. The van der Waals surface area contributed by atoms with E-state index in [0.29, 0.717) is 35.1 Å². The van der Waals surface area contributed by atoms with Gasteiger partial charge in [0.1, 0.15) is 11.3 Å². The monoisotopic (exact) mass is 247 g/mol. The Morgan fingerprint density at radius 1 is 1.50 bits per heavy atom. The Kier molecular flexibility index (Phi) is 2.13. The molecule has 1 aromatic heterocycles. The Balaban J connectivity index is 2.25. The van der Waals surface area contributed by atoms with E-state index in [0.717, 1.165) is 0 Å². The van der Waals surface area contributed by atoms with Gasteiger partial charge in [0.25, 0.3) is 5.69 Å². The minimum Gasteiger partial charge on any atom is -0.481 e. The third kappa shape index (κ3) is 1.38. The lowest BCUT2D eigenvalue weighted by Crippen LogP contribution is -2.07. The second-order valence-corrected chi connectivity index (χ2v) is 4.31. The summed E-state index contributed by atoms with van der Waals surface area (Å²) in [5.74, 6) is -0.899. The zero-order valence-corrected chi connectivity index (χ0v) is 9.25. The van der Waals surface area contributed by atoms with Crippen LogP contribution in [0.25, 0.3) is 11.0 Å². The van der Waals surface area contributed by atoms with Crippen LogP contribution in [0.4, 0.5) is 5.69 Å². The first-order valence-electron chi connectivity index (χ1n) is 5.50. The Labute approximate surface area is 101 Å². The molecule has 92 valence electrons. The van der Waals surface area contributed by atoms with Crippen molar-refractivity contribution in [1.82, 2.24) is 0 Å². The van der Waals surface area contributed by atoms with E-state index < -0.39 is 16.8 Å². The van der Waals surface area contributed by atoms with Crippen LogP contribution < -0.4 is 0 Å². The largest absolute Gasteiger partial charge is 0.481 e. The van der Waals surface area contributed by atoms with E-state index in [-0.39, 0.29) is 5.69 Å². The summed E-state index contributed by atoms with van der Waals surface area (Å²) in [6.07, 6.45) is 1.05. The maximum Gasteiger partial charge on any atom is 0.311 e. The number of rotatable bonds is 2. The first kappa shape index (κ1) is 10.8. The number of furan rings is 1. The molecule has 0 radical (unpaired) electrons. The molecule has 1 aliphatic rings. The van der Waals surface area contributed by atoms with Gasteiger partial charge in [-0.2, -0.15) is 0 Å². The standard InChI is InChI=1S/C12H9NO5/c14-12(15)7-2-4-10-11(7)8-5-6(13(16)17)1-3-9(8)18-10/h1,3,5,7H,2,4H2,(H,14,15). The van der Waals surface area contributed by atoms with Gasteiger partial charge in [-0.15, -0.1) is 0 Å². The molecule has 6 heteroatoms. The van der Waals surface area contributed by atoms with Crippen LogP contribution in [0.1, 0.15) is 23.7 Å². The molecule has 1 unspecified atom stereocenters. The molecule has 1 heterocycles. The van der Waals surface area contributed by atoms with Gasteiger partial charge in [0.2, 0.25) is 0 Å². The number of hydrogen-bond donors (Lipinski definition) is 1. The van der Waals surface area contributed by atoms with E-state index >= 15 is 0 Å². The highest BCUT2D eigenvalue weighted by Gasteiger charge is 2.34.